The minimum atomic E-state index is 0.401. The van der Waals surface area contributed by atoms with Crippen LogP contribution in [-0.2, 0) is 4.79 Å². The van der Waals surface area contributed by atoms with Crippen LogP contribution in [0.1, 0.15) is 32.1 Å². The molecule has 1 aromatic carbocycles. The topological polar surface area (TPSA) is 17.1 Å². The lowest BCUT2D eigenvalue weighted by molar-refractivity contribution is -0.117. The monoisotopic (exact) mass is 312 g/mol. The Hall–Kier alpha value is -0.280. The standard InChI is InChI=1S/C14H17BrOS/c15-13-7-3-4-8-14(13)17-10-12(16)9-11-5-1-2-6-11/h3-4,7-8,11H,1-2,5-6,9-10H2. The van der Waals surface area contributed by atoms with E-state index in [0.29, 0.717) is 17.5 Å². The first-order chi connectivity index (χ1) is 8.25. The van der Waals surface area contributed by atoms with E-state index in [9.17, 15) is 4.79 Å². The molecule has 17 heavy (non-hydrogen) atoms. The third kappa shape index (κ3) is 4.14. The third-order valence-corrected chi connectivity index (χ3v) is 5.30. The molecule has 0 atom stereocenters. The Balaban J connectivity index is 1.77. The van der Waals surface area contributed by atoms with Crippen LogP contribution in [0.25, 0.3) is 0 Å². The summed E-state index contributed by atoms with van der Waals surface area (Å²) in [6, 6.07) is 8.07. The SMILES string of the molecule is O=C(CSc1ccccc1Br)CC1CCCC1. The van der Waals surface area contributed by atoms with Crippen molar-refractivity contribution in [2.75, 3.05) is 5.75 Å². The minimum Gasteiger partial charge on any atom is -0.299 e. The van der Waals surface area contributed by atoms with Gasteiger partial charge in [-0.15, -0.1) is 11.8 Å². The van der Waals surface area contributed by atoms with E-state index < -0.39 is 0 Å². The molecule has 0 heterocycles. The van der Waals surface area contributed by atoms with Gasteiger partial charge < -0.3 is 0 Å². The fourth-order valence-electron chi connectivity index (χ4n) is 2.32. The molecule has 0 unspecified atom stereocenters. The number of carbonyl (C=O) groups is 1. The maximum absolute atomic E-state index is 11.8. The molecule has 3 heteroatoms. The van der Waals surface area contributed by atoms with Gasteiger partial charge in [-0.25, -0.2) is 0 Å². The van der Waals surface area contributed by atoms with Crippen molar-refractivity contribution in [3.8, 4) is 0 Å². The van der Waals surface area contributed by atoms with Crippen molar-refractivity contribution in [2.45, 2.75) is 37.0 Å². The number of halogens is 1. The van der Waals surface area contributed by atoms with Crippen LogP contribution in [0.4, 0.5) is 0 Å². The summed E-state index contributed by atoms with van der Waals surface area (Å²) in [5.41, 5.74) is 0. The van der Waals surface area contributed by atoms with Crippen LogP contribution >= 0.6 is 27.7 Å². The summed E-state index contributed by atoms with van der Waals surface area (Å²) in [6.45, 7) is 0. The summed E-state index contributed by atoms with van der Waals surface area (Å²) in [6.07, 6.45) is 5.93. The lowest BCUT2D eigenvalue weighted by atomic mass is 10.0. The van der Waals surface area contributed by atoms with Crippen LogP contribution in [0.2, 0.25) is 0 Å². The molecular weight excluding hydrogens is 296 g/mol. The molecule has 0 aromatic heterocycles. The molecule has 2 rings (SSSR count). The highest BCUT2D eigenvalue weighted by Crippen LogP contribution is 2.30. The van der Waals surface area contributed by atoms with Gasteiger partial charge in [-0.2, -0.15) is 0 Å². The Kier molecular flexibility index (Phi) is 5.11. The van der Waals surface area contributed by atoms with Gasteiger partial charge >= 0.3 is 0 Å². The Morgan fingerprint density at radius 3 is 2.71 bits per heavy atom. The van der Waals surface area contributed by atoms with E-state index in [2.05, 4.69) is 22.0 Å². The number of rotatable bonds is 5. The van der Waals surface area contributed by atoms with E-state index >= 15 is 0 Å². The van der Waals surface area contributed by atoms with Gasteiger partial charge in [-0.05, 0) is 34.0 Å². The Morgan fingerprint density at radius 1 is 1.29 bits per heavy atom. The highest BCUT2D eigenvalue weighted by atomic mass is 79.9. The first-order valence-electron chi connectivity index (χ1n) is 6.15. The number of thioether (sulfide) groups is 1. The van der Waals surface area contributed by atoms with E-state index in [1.54, 1.807) is 11.8 Å². The second kappa shape index (κ2) is 6.60. The molecule has 0 radical (unpaired) electrons. The Bertz CT molecular complexity index is 386. The highest BCUT2D eigenvalue weighted by Gasteiger charge is 2.18. The molecule has 1 saturated carbocycles. The van der Waals surface area contributed by atoms with Crippen molar-refractivity contribution in [1.82, 2.24) is 0 Å². The third-order valence-electron chi connectivity index (χ3n) is 3.22. The molecule has 1 aliphatic rings. The zero-order valence-corrected chi connectivity index (χ0v) is 12.2. The van der Waals surface area contributed by atoms with Crippen LogP contribution < -0.4 is 0 Å². The molecule has 92 valence electrons. The van der Waals surface area contributed by atoms with Crippen LogP contribution in [0.3, 0.4) is 0 Å². The van der Waals surface area contributed by atoms with E-state index in [0.717, 1.165) is 15.8 Å². The van der Waals surface area contributed by atoms with Crippen LogP contribution in [0.15, 0.2) is 33.6 Å². The minimum absolute atomic E-state index is 0.401. The van der Waals surface area contributed by atoms with Gasteiger partial charge in [-0.1, -0.05) is 37.8 Å². The molecule has 0 saturated heterocycles. The molecule has 0 spiro atoms. The summed E-state index contributed by atoms with van der Waals surface area (Å²) in [7, 11) is 0. The van der Waals surface area contributed by atoms with E-state index in [-0.39, 0.29) is 0 Å². The van der Waals surface area contributed by atoms with Crippen LogP contribution in [-0.4, -0.2) is 11.5 Å². The average molecular weight is 313 g/mol. The smallest absolute Gasteiger partial charge is 0.143 e. The van der Waals surface area contributed by atoms with Gasteiger partial charge in [0, 0.05) is 15.8 Å². The van der Waals surface area contributed by atoms with Crippen molar-refractivity contribution >= 4 is 33.5 Å². The van der Waals surface area contributed by atoms with Gasteiger partial charge in [0.25, 0.3) is 0 Å². The highest BCUT2D eigenvalue weighted by molar-refractivity contribution is 9.10. The molecule has 1 nitrogen and oxygen atoms in total. The zero-order valence-electron chi connectivity index (χ0n) is 9.82. The zero-order chi connectivity index (χ0) is 12.1. The van der Waals surface area contributed by atoms with Crippen molar-refractivity contribution in [1.29, 1.82) is 0 Å². The van der Waals surface area contributed by atoms with E-state index in [4.69, 9.17) is 0 Å². The molecular formula is C14H17BrOS. The van der Waals surface area contributed by atoms with Gasteiger partial charge in [-0.3, -0.25) is 4.79 Å². The molecule has 0 bridgehead atoms. The molecule has 0 amide bonds. The van der Waals surface area contributed by atoms with Crippen molar-refractivity contribution < 1.29 is 4.79 Å². The van der Waals surface area contributed by atoms with E-state index in [1.165, 1.54) is 25.7 Å². The lowest BCUT2D eigenvalue weighted by Gasteiger charge is -2.08. The Labute approximate surface area is 115 Å². The second-order valence-corrected chi connectivity index (χ2v) is 6.48. The van der Waals surface area contributed by atoms with Crippen molar-refractivity contribution in [3.05, 3.63) is 28.7 Å². The summed E-state index contributed by atoms with van der Waals surface area (Å²) >= 11 is 5.14. The Morgan fingerprint density at radius 2 is 2.00 bits per heavy atom. The van der Waals surface area contributed by atoms with Crippen molar-refractivity contribution in [2.24, 2.45) is 5.92 Å². The fourth-order valence-corrected chi connectivity index (χ4v) is 3.76. The second-order valence-electron chi connectivity index (χ2n) is 4.61. The maximum Gasteiger partial charge on any atom is 0.143 e. The normalized spacial score (nSPS) is 16.3. The van der Waals surface area contributed by atoms with Gasteiger partial charge in [0.15, 0.2) is 0 Å². The summed E-state index contributed by atoms with van der Waals surface area (Å²) in [5.74, 6) is 1.68. The molecule has 1 aliphatic carbocycles. The van der Waals surface area contributed by atoms with E-state index in [1.807, 2.05) is 18.2 Å². The number of carbonyl (C=O) groups excluding carboxylic acids is 1. The first-order valence-corrected chi connectivity index (χ1v) is 7.92. The predicted molar refractivity (Wildman–Crippen MR) is 76.4 cm³/mol. The number of Topliss-reactive ketones (excluding diaryl/α,β-unsaturated/α-hetero) is 1. The summed E-state index contributed by atoms with van der Waals surface area (Å²) in [5, 5.41) is 0. The van der Waals surface area contributed by atoms with Gasteiger partial charge in [0.05, 0.1) is 5.75 Å². The maximum atomic E-state index is 11.8. The molecule has 1 aromatic rings. The average Bonchev–Trinajstić information content (AvgIpc) is 2.81. The van der Waals surface area contributed by atoms with Crippen LogP contribution in [0.5, 0.6) is 0 Å². The summed E-state index contributed by atoms with van der Waals surface area (Å²) < 4.78 is 1.08. The number of hydrogen-bond acceptors (Lipinski definition) is 2. The number of ketones is 1. The number of benzene rings is 1. The fraction of sp³-hybridized carbons (Fsp3) is 0.500. The van der Waals surface area contributed by atoms with Gasteiger partial charge in [0.1, 0.15) is 5.78 Å². The van der Waals surface area contributed by atoms with Gasteiger partial charge in [0.2, 0.25) is 0 Å². The molecule has 0 N–H and O–H groups in total. The molecule has 1 fully saturated rings. The predicted octanol–water partition coefficient (Wildman–Crippen LogP) is 4.69. The number of hydrogen-bond donors (Lipinski definition) is 0. The first kappa shape index (κ1) is 13.2. The van der Waals surface area contributed by atoms with Crippen molar-refractivity contribution in [3.63, 3.8) is 0 Å². The largest absolute Gasteiger partial charge is 0.299 e. The van der Waals surface area contributed by atoms with Crippen LogP contribution in [0, 0.1) is 5.92 Å². The summed E-state index contributed by atoms with van der Waals surface area (Å²) in [4.78, 5) is 13.0. The lowest BCUT2D eigenvalue weighted by Crippen LogP contribution is -2.07. The molecule has 0 aliphatic heterocycles. The quantitative estimate of drug-likeness (QED) is 0.734.